The van der Waals surface area contributed by atoms with E-state index in [4.69, 9.17) is 34.8 Å². The summed E-state index contributed by atoms with van der Waals surface area (Å²) < 4.78 is 44.7. The van der Waals surface area contributed by atoms with Gasteiger partial charge in [0.25, 0.3) is 5.91 Å². The molecule has 0 aliphatic heterocycles. The topological polar surface area (TPSA) is 92.5 Å². The molecule has 2 bridgehead atoms. The minimum atomic E-state index is -4.93. The number of carboxylic acid groups (broad SMARTS) is 1. The van der Waals surface area contributed by atoms with Crippen LogP contribution < -0.4 is 0 Å². The Morgan fingerprint density at radius 2 is 1.60 bits per heavy atom. The Bertz CT molecular complexity index is 1440. The second kappa shape index (κ2) is 11.2. The SMILES string of the molecule is CC1(C(=O)O)CCC(n2ncc(C(=O)N(CC(=O)c3c(Cl)cc(Cl)cc3Cl)C[C@]34CC[C@@](C)(CC3)C4)c2C(F)(F)F)CC1. The Morgan fingerprint density at radius 1 is 1.02 bits per heavy atom. The zero-order valence-corrected chi connectivity index (χ0v) is 26.1. The second-order valence-electron chi connectivity index (χ2n) is 13.3. The van der Waals surface area contributed by atoms with Crippen molar-refractivity contribution in [2.24, 2.45) is 16.2 Å². The Labute approximate surface area is 262 Å². The summed E-state index contributed by atoms with van der Waals surface area (Å²) in [5, 5.41) is 13.8. The van der Waals surface area contributed by atoms with Crippen LogP contribution in [0.25, 0.3) is 0 Å². The summed E-state index contributed by atoms with van der Waals surface area (Å²) in [5.74, 6) is -2.56. The number of nitrogens with zero attached hydrogens (tertiary/aromatic N) is 3. The highest BCUT2D eigenvalue weighted by molar-refractivity contribution is 6.42. The van der Waals surface area contributed by atoms with Crippen molar-refractivity contribution in [3.05, 3.63) is 50.2 Å². The van der Waals surface area contributed by atoms with Gasteiger partial charge in [-0.1, -0.05) is 41.7 Å². The van der Waals surface area contributed by atoms with E-state index in [1.807, 2.05) is 0 Å². The lowest BCUT2D eigenvalue weighted by atomic mass is 9.74. The number of hydrogen-bond donors (Lipinski definition) is 1. The van der Waals surface area contributed by atoms with Crippen LogP contribution in [0.15, 0.2) is 18.3 Å². The fourth-order valence-corrected chi connectivity index (χ4v) is 8.50. The number of rotatable bonds is 8. The summed E-state index contributed by atoms with van der Waals surface area (Å²) in [6.45, 7) is 3.34. The molecule has 0 unspecified atom stereocenters. The zero-order valence-electron chi connectivity index (χ0n) is 23.9. The van der Waals surface area contributed by atoms with Crippen molar-refractivity contribution in [1.82, 2.24) is 14.7 Å². The van der Waals surface area contributed by atoms with Gasteiger partial charge in [-0.25, -0.2) is 0 Å². The molecule has 234 valence electrons. The molecule has 7 nitrogen and oxygen atoms in total. The summed E-state index contributed by atoms with van der Waals surface area (Å²) in [4.78, 5) is 40.5. The number of hydrogen-bond acceptors (Lipinski definition) is 4. The number of carbonyl (C=O) groups is 3. The molecule has 1 aromatic heterocycles. The molecule has 0 saturated heterocycles. The second-order valence-corrected chi connectivity index (χ2v) is 14.5. The Morgan fingerprint density at radius 3 is 2.09 bits per heavy atom. The number of benzene rings is 1. The van der Waals surface area contributed by atoms with Gasteiger partial charge in [0, 0.05) is 11.6 Å². The Hall–Kier alpha value is -2.30. The number of carboxylic acids is 1. The van der Waals surface area contributed by atoms with Crippen LogP contribution in [-0.2, 0) is 11.0 Å². The van der Waals surface area contributed by atoms with Gasteiger partial charge in [0.2, 0.25) is 0 Å². The summed E-state index contributed by atoms with van der Waals surface area (Å²) in [7, 11) is 0. The largest absolute Gasteiger partial charge is 0.481 e. The van der Waals surface area contributed by atoms with E-state index in [0.29, 0.717) is 0 Å². The van der Waals surface area contributed by atoms with Crippen molar-refractivity contribution in [2.75, 3.05) is 13.1 Å². The monoisotopic (exact) mass is 661 g/mol. The minimum Gasteiger partial charge on any atom is -0.481 e. The van der Waals surface area contributed by atoms with Crippen LogP contribution >= 0.6 is 34.8 Å². The number of aromatic nitrogens is 2. The number of aliphatic carboxylic acids is 1. The molecule has 0 atom stereocenters. The molecule has 1 amide bonds. The van der Waals surface area contributed by atoms with E-state index >= 15 is 0 Å². The minimum absolute atomic E-state index is 0.0168. The van der Waals surface area contributed by atoms with E-state index < -0.39 is 53.1 Å². The lowest BCUT2D eigenvalue weighted by Gasteiger charge is -2.35. The van der Waals surface area contributed by atoms with Gasteiger partial charge in [-0.05, 0) is 87.7 Å². The molecule has 3 aliphatic carbocycles. The van der Waals surface area contributed by atoms with E-state index in [1.165, 1.54) is 17.0 Å². The molecule has 1 heterocycles. The first-order valence-electron chi connectivity index (χ1n) is 14.3. The molecule has 5 rings (SSSR count). The van der Waals surface area contributed by atoms with Crippen LogP contribution in [0, 0.1) is 16.2 Å². The highest BCUT2D eigenvalue weighted by atomic mass is 35.5. The van der Waals surface area contributed by atoms with Gasteiger partial charge in [0.05, 0.1) is 45.4 Å². The summed E-state index contributed by atoms with van der Waals surface area (Å²) in [6, 6.07) is 1.96. The molecular formula is C30H33Cl3F3N3O4. The number of ketones is 1. The third-order valence-corrected chi connectivity index (χ3v) is 10.8. The number of Topliss-reactive ketones (excluding diaryl/α,β-unsaturated/α-hetero) is 1. The quantitative estimate of drug-likeness (QED) is 0.287. The van der Waals surface area contributed by atoms with Crippen LogP contribution in [0.2, 0.25) is 15.1 Å². The maximum absolute atomic E-state index is 14.6. The highest BCUT2D eigenvalue weighted by Crippen LogP contribution is 2.61. The molecule has 1 N–H and O–H groups in total. The Kier molecular flexibility index (Phi) is 8.40. The van der Waals surface area contributed by atoms with Crippen LogP contribution in [0.4, 0.5) is 13.2 Å². The average Bonchev–Trinajstić information content (AvgIpc) is 3.58. The van der Waals surface area contributed by atoms with Crippen molar-refractivity contribution in [1.29, 1.82) is 0 Å². The first kappa shape index (κ1) is 32.1. The van der Waals surface area contributed by atoms with E-state index in [0.717, 1.165) is 43.0 Å². The van der Waals surface area contributed by atoms with Gasteiger partial charge in [0.1, 0.15) is 0 Å². The highest BCUT2D eigenvalue weighted by Gasteiger charge is 2.53. The summed E-state index contributed by atoms with van der Waals surface area (Å²) >= 11 is 18.6. The number of halogens is 6. The van der Waals surface area contributed by atoms with Crippen LogP contribution in [0.3, 0.4) is 0 Å². The number of fused-ring (bicyclic) bond motifs is 2. The van der Waals surface area contributed by atoms with Crippen molar-refractivity contribution < 1.29 is 32.7 Å². The van der Waals surface area contributed by atoms with E-state index in [2.05, 4.69) is 12.0 Å². The zero-order chi connectivity index (χ0) is 31.5. The average molecular weight is 663 g/mol. The standard InChI is InChI=1S/C30H33Cl3F3N3O4/c1-27-7-9-29(15-27,10-8-27)16-38(14-22(40)23-20(32)11-17(31)12-21(23)33)25(41)19-13-37-39(24(19)30(34,35)36)18-3-5-28(2,6-4-18)26(42)43/h11-13,18H,3-10,14-16H2,1-2H3,(H,42,43)/t18?,27-,28?,29+. The normalized spacial score (nSPS) is 28.7. The molecule has 0 radical (unpaired) electrons. The molecule has 43 heavy (non-hydrogen) atoms. The van der Waals surface area contributed by atoms with Crippen LogP contribution in [0.1, 0.15) is 104 Å². The lowest BCUT2D eigenvalue weighted by molar-refractivity contribution is -0.152. The van der Waals surface area contributed by atoms with E-state index in [9.17, 15) is 32.7 Å². The van der Waals surface area contributed by atoms with Gasteiger partial charge in [-0.2, -0.15) is 18.3 Å². The Balaban J connectivity index is 1.49. The molecular weight excluding hydrogens is 630 g/mol. The predicted molar refractivity (Wildman–Crippen MR) is 156 cm³/mol. The van der Waals surface area contributed by atoms with Crippen molar-refractivity contribution in [2.45, 2.75) is 83.9 Å². The molecule has 3 aliphatic rings. The molecule has 3 saturated carbocycles. The van der Waals surface area contributed by atoms with Gasteiger partial charge >= 0.3 is 12.1 Å². The van der Waals surface area contributed by atoms with Gasteiger partial charge < -0.3 is 10.0 Å². The smallest absolute Gasteiger partial charge is 0.433 e. The first-order chi connectivity index (χ1) is 20.0. The van der Waals surface area contributed by atoms with Crippen LogP contribution in [-0.4, -0.2) is 50.5 Å². The molecule has 2 aromatic rings. The maximum Gasteiger partial charge on any atom is 0.433 e. The van der Waals surface area contributed by atoms with Gasteiger partial charge in [0.15, 0.2) is 11.5 Å². The van der Waals surface area contributed by atoms with Crippen molar-refractivity contribution in [3.63, 3.8) is 0 Å². The van der Waals surface area contributed by atoms with Gasteiger partial charge in [-0.15, -0.1) is 0 Å². The maximum atomic E-state index is 14.6. The molecule has 13 heteroatoms. The number of carbonyl (C=O) groups excluding carboxylic acids is 2. The molecule has 1 aromatic carbocycles. The predicted octanol–water partition coefficient (Wildman–Crippen LogP) is 8.36. The third-order valence-electron chi connectivity index (χ3n) is 9.97. The van der Waals surface area contributed by atoms with E-state index in [1.54, 1.807) is 6.92 Å². The number of alkyl halides is 3. The number of amides is 1. The fraction of sp³-hybridized carbons (Fsp3) is 0.600. The molecule has 0 spiro atoms. The fourth-order valence-electron chi connectivity index (χ4n) is 7.47. The summed E-state index contributed by atoms with van der Waals surface area (Å²) in [5.41, 5.74) is -3.12. The molecule has 3 fully saturated rings. The van der Waals surface area contributed by atoms with E-state index in [-0.39, 0.29) is 63.7 Å². The van der Waals surface area contributed by atoms with Crippen molar-refractivity contribution >= 4 is 52.5 Å². The third kappa shape index (κ3) is 6.16. The van der Waals surface area contributed by atoms with Crippen LogP contribution in [0.5, 0.6) is 0 Å². The lowest BCUT2D eigenvalue weighted by Crippen LogP contribution is -2.43. The van der Waals surface area contributed by atoms with Crippen molar-refractivity contribution in [3.8, 4) is 0 Å². The summed E-state index contributed by atoms with van der Waals surface area (Å²) in [6.07, 6.45) is 0.996. The van der Waals surface area contributed by atoms with Gasteiger partial charge in [-0.3, -0.25) is 19.1 Å². The first-order valence-corrected chi connectivity index (χ1v) is 15.4.